The van der Waals surface area contributed by atoms with Crippen LogP contribution in [0.15, 0.2) is 42.6 Å². The molecule has 10 heteroatoms. The Morgan fingerprint density at radius 1 is 1.12 bits per heavy atom. The quantitative estimate of drug-likeness (QED) is 0.475. The molecular weight excluding hydrogens is 423 g/mol. The van der Waals surface area contributed by atoms with Gasteiger partial charge in [0.05, 0.1) is 19.3 Å². The van der Waals surface area contributed by atoms with Crippen LogP contribution in [0.4, 0.5) is 18.9 Å². The van der Waals surface area contributed by atoms with Gasteiger partial charge in [-0.15, -0.1) is 0 Å². The third kappa shape index (κ3) is 5.78. The summed E-state index contributed by atoms with van der Waals surface area (Å²) in [5, 5.41) is 1.42. The van der Waals surface area contributed by atoms with Crippen LogP contribution in [0.3, 0.4) is 0 Å². The molecule has 2 aromatic rings. The van der Waals surface area contributed by atoms with Crippen LogP contribution in [-0.4, -0.2) is 37.6 Å². The Balaban J connectivity index is 0.00000176. The molecule has 32 heavy (non-hydrogen) atoms. The minimum atomic E-state index is -1.27. The van der Waals surface area contributed by atoms with Crippen LogP contribution in [0.2, 0.25) is 0 Å². The van der Waals surface area contributed by atoms with E-state index in [1.165, 1.54) is 24.1 Å². The smallest absolute Gasteiger partial charge is 0.224 e. The molecule has 174 valence electrons. The van der Waals surface area contributed by atoms with Gasteiger partial charge in [0.1, 0.15) is 11.6 Å². The summed E-state index contributed by atoms with van der Waals surface area (Å²) in [4.78, 5) is 14.4. The van der Waals surface area contributed by atoms with Crippen molar-refractivity contribution in [3.63, 3.8) is 0 Å². The van der Waals surface area contributed by atoms with E-state index >= 15 is 0 Å². The fraction of sp³-hybridized carbons (Fsp3) is 0.318. The fourth-order valence-electron chi connectivity index (χ4n) is 3.38. The topological polar surface area (TPSA) is 111 Å². The van der Waals surface area contributed by atoms with E-state index < -0.39 is 23.5 Å². The molecule has 0 radical (unpaired) electrons. The lowest BCUT2D eigenvalue weighted by atomic mass is 10.0. The third-order valence-corrected chi connectivity index (χ3v) is 4.98. The molecule has 1 aliphatic heterocycles. The first-order valence-corrected chi connectivity index (χ1v) is 9.83. The van der Waals surface area contributed by atoms with Gasteiger partial charge >= 0.3 is 0 Å². The fourth-order valence-corrected chi connectivity index (χ4v) is 3.38. The highest BCUT2D eigenvalue weighted by molar-refractivity contribution is 5.78. The second-order valence-corrected chi connectivity index (χ2v) is 7.21. The second-order valence-electron chi connectivity index (χ2n) is 7.21. The molecule has 1 unspecified atom stereocenters. The first kappa shape index (κ1) is 25.2. The highest BCUT2D eigenvalue weighted by atomic mass is 19.2. The molecule has 0 saturated heterocycles. The standard InChI is InChI=1S/C21H23F3N4O2.CH5N/c1-12-10-27(11-14-6-16(30-2)3-4-20(14)28(12)26)21(29)8-15(25)5-13-7-18(23)19(24)9-17(13)22;1-2/h3-4,6-7,9,15H,1,5,8,10-11,25-26H2,2H3;2H2,1H3. The first-order chi connectivity index (χ1) is 15.2. The van der Waals surface area contributed by atoms with Crippen LogP contribution in [0.5, 0.6) is 5.75 Å². The maximum absolute atomic E-state index is 13.9. The largest absolute Gasteiger partial charge is 0.497 e. The number of amides is 1. The summed E-state index contributed by atoms with van der Waals surface area (Å²) in [6.07, 6.45) is -0.230. The Hall–Kier alpha value is -3.08. The average molecular weight is 451 g/mol. The molecule has 1 heterocycles. The molecule has 0 spiro atoms. The summed E-state index contributed by atoms with van der Waals surface area (Å²) >= 11 is 0. The van der Waals surface area contributed by atoms with Gasteiger partial charge in [0.25, 0.3) is 0 Å². The van der Waals surface area contributed by atoms with E-state index in [-0.39, 0.29) is 37.4 Å². The van der Waals surface area contributed by atoms with Gasteiger partial charge in [0, 0.05) is 36.3 Å². The monoisotopic (exact) mass is 451 g/mol. The van der Waals surface area contributed by atoms with Crippen molar-refractivity contribution in [1.82, 2.24) is 4.90 Å². The first-order valence-electron chi connectivity index (χ1n) is 9.83. The number of benzene rings is 2. The van der Waals surface area contributed by atoms with Gasteiger partial charge in [-0.2, -0.15) is 0 Å². The maximum Gasteiger partial charge on any atom is 0.224 e. The SMILES string of the molecule is C=C1CN(C(=O)CC(N)Cc2cc(F)c(F)cc2F)Cc2cc(OC)ccc2N1N.CN. The number of anilines is 1. The van der Waals surface area contributed by atoms with Crippen LogP contribution in [-0.2, 0) is 17.8 Å². The van der Waals surface area contributed by atoms with Gasteiger partial charge in [-0.1, -0.05) is 6.58 Å². The molecule has 1 aliphatic rings. The van der Waals surface area contributed by atoms with Crippen LogP contribution in [0.25, 0.3) is 0 Å². The van der Waals surface area contributed by atoms with Gasteiger partial charge in [0.15, 0.2) is 11.6 Å². The minimum Gasteiger partial charge on any atom is -0.497 e. The highest BCUT2D eigenvalue weighted by Crippen LogP contribution is 2.30. The van der Waals surface area contributed by atoms with E-state index in [4.69, 9.17) is 16.3 Å². The van der Waals surface area contributed by atoms with Gasteiger partial charge in [-0.3, -0.25) is 9.80 Å². The van der Waals surface area contributed by atoms with Crippen LogP contribution in [0.1, 0.15) is 17.5 Å². The predicted octanol–water partition coefficient (Wildman–Crippen LogP) is 2.18. The van der Waals surface area contributed by atoms with Crippen molar-refractivity contribution >= 4 is 11.6 Å². The van der Waals surface area contributed by atoms with Crippen LogP contribution in [0, 0.1) is 17.5 Å². The second kappa shape index (κ2) is 11.0. The van der Waals surface area contributed by atoms with Gasteiger partial charge in [-0.05, 0) is 43.3 Å². The molecule has 3 rings (SSSR count). The van der Waals surface area contributed by atoms with Crippen molar-refractivity contribution in [2.24, 2.45) is 17.3 Å². The summed E-state index contributed by atoms with van der Waals surface area (Å²) in [5.41, 5.74) is 12.4. The van der Waals surface area contributed by atoms with Gasteiger partial charge in [-0.25, -0.2) is 19.0 Å². The lowest BCUT2D eigenvalue weighted by Gasteiger charge is -2.24. The Labute approximate surface area is 185 Å². The molecule has 1 amide bonds. The Morgan fingerprint density at radius 2 is 1.78 bits per heavy atom. The molecule has 6 N–H and O–H groups in total. The third-order valence-electron chi connectivity index (χ3n) is 4.98. The Morgan fingerprint density at radius 3 is 2.44 bits per heavy atom. The van der Waals surface area contributed by atoms with Crippen molar-refractivity contribution in [3.05, 3.63) is 71.2 Å². The number of halogens is 3. The summed E-state index contributed by atoms with van der Waals surface area (Å²) in [6.45, 7) is 4.36. The average Bonchev–Trinajstić information content (AvgIpc) is 2.89. The highest BCUT2D eigenvalue weighted by Gasteiger charge is 2.26. The number of nitrogens with zero attached hydrogens (tertiary/aromatic N) is 2. The van der Waals surface area contributed by atoms with Crippen molar-refractivity contribution in [2.75, 3.05) is 25.7 Å². The molecular formula is C22H28F3N5O2. The minimum absolute atomic E-state index is 0.0855. The Kier molecular flexibility index (Phi) is 8.64. The number of rotatable bonds is 5. The Bertz CT molecular complexity index is 986. The zero-order chi connectivity index (χ0) is 24.0. The number of hydrogen-bond donors (Lipinski definition) is 3. The lowest BCUT2D eigenvalue weighted by Crippen LogP contribution is -2.39. The van der Waals surface area contributed by atoms with Crippen LogP contribution >= 0.6 is 0 Å². The maximum atomic E-state index is 13.9. The number of fused-ring (bicyclic) bond motifs is 1. The molecule has 0 saturated carbocycles. The molecule has 0 aliphatic carbocycles. The van der Waals surface area contributed by atoms with Crippen molar-refractivity contribution < 1.29 is 22.7 Å². The lowest BCUT2D eigenvalue weighted by molar-refractivity contribution is -0.131. The van der Waals surface area contributed by atoms with E-state index in [0.717, 1.165) is 11.6 Å². The number of carbonyl (C=O) groups excluding carboxylic acids is 1. The van der Waals surface area contributed by atoms with E-state index in [0.29, 0.717) is 23.2 Å². The molecule has 1 atom stereocenters. The van der Waals surface area contributed by atoms with Crippen molar-refractivity contribution in [3.8, 4) is 5.75 Å². The van der Waals surface area contributed by atoms with Crippen molar-refractivity contribution in [1.29, 1.82) is 0 Å². The molecule has 7 nitrogen and oxygen atoms in total. The van der Waals surface area contributed by atoms with E-state index in [2.05, 4.69) is 12.3 Å². The van der Waals surface area contributed by atoms with E-state index in [1.54, 1.807) is 18.2 Å². The number of ether oxygens (including phenoxy) is 1. The van der Waals surface area contributed by atoms with Crippen molar-refractivity contribution in [2.45, 2.75) is 25.4 Å². The summed E-state index contributed by atoms with van der Waals surface area (Å²) in [5.74, 6) is 3.09. The summed E-state index contributed by atoms with van der Waals surface area (Å²) < 4.78 is 45.6. The summed E-state index contributed by atoms with van der Waals surface area (Å²) in [7, 11) is 3.04. The molecule has 0 aromatic heterocycles. The molecule has 0 fully saturated rings. The number of hydrogen-bond acceptors (Lipinski definition) is 6. The van der Waals surface area contributed by atoms with E-state index in [1.807, 2.05) is 0 Å². The summed E-state index contributed by atoms with van der Waals surface area (Å²) in [6, 6.07) is 5.77. The number of carbonyl (C=O) groups is 1. The number of nitrogens with two attached hydrogens (primary N) is 3. The van der Waals surface area contributed by atoms with Gasteiger partial charge in [0.2, 0.25) is 5.91 Å². The number of methoxy groups -OCH3 is 1. The predicted molar refractivity (Wildman–Crippen MR) is 117 cm³/mol. The normalized spacial score (nSPS) is 14.2. The van der Waals surface area contributed by atoms with E-state index in [9.17, 15) is 18.0 Å². The zero-order valence-electron chi connectivity index (χ0n) is 18.1. The van der Waals surface area contributed by atoms with Crippen LogP contribution < -0.4 is 27.1 Å². The number of hydrazine groups is 1. The van der Waals surface area contributed by atoms with Gasteiger partial charge < -0.3 is 21.1 Å². The molecule has 0 bridgehead atoms. The molecule has 2 aromatic carbocycles. The zero-order valence-corrected chi connectivity index (χ0v) is 18.1.